The van der Waals surface area contributed by atoms with Crippen LogP contribution >= 0.6 is 43.2 Å². The van der Waals surface area contributed by atoms with Crippen molar-refractivity contribution in [3.05, 3.63) is 20.3 Å². The summed E-state index contributed by atoms with van der Waals surface area (Å²) in [6, 6.07) is 1.92. The Balaban J connectivity index is 2.56. The van der Waals surface area contributed by atoms with Crippen LogP contribution in [0.5, 0.6) is 0 Å². The number of alkyl halides is 1. The molecule has 1 aromatic heterocycles. The number of amides is 1. The highest BCUT2D eigenvalue weighted by Gasteiger charge is 2.19. The first-order chi connectivity index (χ1) is 7.85. The number of nitrogens with one attached hydrogen (secondary N) is 1. The second kappa shape index (κ2) is 6.34. The lowest BCUT2D eigenvalue weighted by Gasteiger charge is -2.23. The van der Waals surface area contributed by atoms with Crippen molar-refractivity contribution in [3.63, 3.8) is 0 Å². The Labute approximate surface area is 123 Å². The van der Waals surface area contributed by atoms with Gasteiger partial charge in [0.2, 0.25) is 0 Å². The van der Waals surface area contributed by atoms with E-state index in [0.717, 1.165) is 26.0 Å². The molecular weight excluding hydrogens is 366 g/mol. The van der Waals surface area contributed by atoms with Crippen molar-refractivity contribution in [2.24, 2.45) is 5.41 Å². The van der Waals surface area contributed by atoms with Crippen LogP contribution in [-0.2, 0) is 0 Å². The van der Waals surface area contributed by atoms with Crippen molar-refractivity contribution in [1.29, 1.82) is 0 Å². The second-order valence-corrected chi connectivity index (χ2v) is 8.02. The lowest BCUT2D eigenvalue weighted by atomic mass is 9.90. The third-order valence-electron chi connectivity index (χ3n) is 2.58. The second-order valence-electron chi connectivity index (χ2n) is 4.85. The van der Waals surface area contributed by atoms with E-state index >= 15 is 0 Å². The van der Waals surface area contributed by atoms with E-state index in [1.54, 1.807) is 0 Å². The number of rotatable bonds is 5. The first-order valence-electron chi connectivity index (χ1n) is 5.46. The Hall–Kier alpha value is 0.130. The molecule has 1 amide bonds. The minimum absolute atomic E-state index is 0.0199. The van der Waals surface area contributed by atoms with Gasteiger partial charge < -0.3 is 5.32 Å². The highest BCUT2D eigenvalue weighted by Crippen LogP contribution is 2.27. The summed E-state index contributed by atoms with van der Waals surface area (Å²) in [5, 5.41) is 3.95. The quantitative estimate of drug-likeness (QED) is 0.753. The maximum atomic E-state index is 11.9. The summed E-state index contributed by atoms with van der Waals surface area (Å²) in [6.07, 6.45) is 1.04. The van der Waals surface area contributed by atoms with Crippen LogP contribution in [0.2, 0.25) is 0 Å². The number of carbonyl (C=O) groups excluding carboxylic acids is 1. The molecule has 1 N–H and O–H groups in total. The fourth-order valence-corrected chi connectivity index (χ4v) is 3.85. The summed E-state index contributed by atoms with van der Waals surface area (Å²) < 4.78 is 1.03. The highest BCUT2D eigenvalue weighted by molar-refractivity contribution is 9.11. The number of hydrogen-bond acceptors (Lipinski definition) is 2. The molecule has 0 saturated heterocycles. The van der Waals surface area contributed by atoms with E-state index in [-0.39, 0.29) is 11.3 Å². The topological polar surface area (TPSA) is 29.1 Å². The molecule has 1 aromatic rings. The largest absolute Gasteiger partial charge is 0.351 e. The van der Waals surface area contributed by atoms with Gasteiger partial charge >= 0.3 is 0 Å². The van der Waals surface area contributed by atoms with E-state index in [2.05, 4.69) is 51.0 Å². The van der Waals surface area contributed by atoms with Gasteiger partial charge in [0.1, 0.15) is 0 Å². The molecule has 0 atom stereocenters. The van der Waals surface area contributed by atoms with Gasteiger partial charge in [-0.1, -0.05) is 29.8 Å². The Bertz CT molecular complexity index is 382. The zero-order chi connectivity index (χ0) is 13.1. The number of aryl methyl sites for hydroxylation is 1. The lowest BCUT2D eigenvalue weighted by molar-refractivity contribution is 0.0940. The van der Waals surface area contributed by atoms with Crippen molar-refractivity contribution in [3.8, 4) is 0 Å². The molecule has 0 bridgehead atoms. The average molecular weight is 383 g/mol. The number of carbonyl (C=O) groups is 1. The molecule has 0 aromatic carbocycles. The van der Waals surface area contributed by atoms with Crippen LogP contribution in [0.15, 0.2) is 9.85 Å². The molecule has 1 rings (SSSR count). The zero-order valence-electron chi connectivity index (χ0n) is 10.3. The molecule has 0 spiro atoms. The maximum absolute atomic E-state index is 11.9. The van der Waals surface area contributed by atoms with Crippen LogP contribution in [0.25, 0.3) is 0 Å². The Morgan fingerprint density at radius 3 is 2.65 bits per heavy atom. The van der Waals surface area contributed by atoms with E-state index in [1.165, 1.54) is 11.3 Å². The van der Waals surface area contributed by atoms with Crippen molar-refractivity contribution in [1.82, 2.24) is 5.32 Å². The van der Waals surface area contributed by atoms with Crippen LogP contribution < -0.4 is 5.32 Å². The minimum atomic E-state index is 0.0199. The van der Waals surface area contributed by atoms with Crippen LogP contribution in [0.3, 0.4) is 0 Å². The van der Waals surface area contributed by atoms with Gasteiger partial charge in [-0.2, -0.15) is 0 Å². The summed E-state index contributed by atoms with van der Waals surface area (Å²) in [5.74, 6) is 0.0199. The van der Waals surface area contributed by atoms with Gasteiger partial charge in [0.15, 0.2) is 0 Å². The van der Waals surface area contributed by atoms with E-state index in [9.17, 15) is 4.79 Å². The monoisotopic (exact) mass is 381 g/mol. The Morgan fingerprint density at radius 2 is 2.18 bits per heavy atom. The molecule has 0 aliphatic rings. The predicted molar refractivity (Wildman–Crippen MR) is 81.3 cm³/mol. The van der Waals surface area contributed by atoms with Crippen LogP contribution in [0.4, 0.5) is 0 Å². The van der Waals surface area contributed by atoms with Gasteiger partial charge in [0, 0.05) is 11.9 Å². The molecule has 0 radical (unpaired) electrons. The van der Waals surface area contributed by atoms with E-state index in [1.807, 2.05) is 13.0 Å². The van der Waals surface area contributed by atoms with E-state index in [0.29, 0.717) is 6.54 Å². The fourth-order valence-electron chi connectivity index (χ4n) is 1.32. The minimum Gasteiger partial charge on any atom is -0.351 e. The van der Waals surface area contributed by atoms with Crippen molar-refractivity contribution in [2.45, 2.75) is 27.2 Å². The van der Waals surface area contributed by atoms with Gasteiger partial charge in [-0.25, -0.2) is 0 Å². The van der Waals surface area contributed by atoms with Gasteiger partial charge in [-0.05, 0) is 46.3 Å². The Morgan fingerprint density at radius 1 is 1.53 bits per heavy atom. The summed E-state index contributed by atoms with van der Waals surface area (Å²) >= 11 is 8.35. The third-order valence-corrected chi connectivity index (χ3v) is 5.11. The summed E-state index contributed by atoms with van der Waals surface area (Å²) in [6.45, 7) is 7.01. The molecule has 96 valence electrons. The van der Waals surface area contributed by atoms with Crippen molar-refractivity contribution < 1.29 is 4.79 Å². The van der Waals surface area contributed by atoms with Gasteiger partial charge in [-0.15, -0.1) is 11.3 Å². The summed E-state index contributed by atoms with van der Waals surface area (Å²) in [4.78, 5) is 12.7. The smallest absolute Gasteiger partial charge is 0.261 e. The van der Waals surface area contributed by atoms with Crippen LogP contribution in [0, 0.1) is 12.3 Å². The first kappa shape index (κ1) is 15.2. The Kier molecular flexibility index (Phi) is 5.67. The lowest BCUT2D eigenvalue weighted by Crippen LogP contribution is -2.33. The summed E-state index contributed by atoms with van der Waals surface area (Å²) in [7, 11) is 0. The molecule has 5 heteroatoms. The molecule has 17 heavy (non-hydrogen) atoms. The fraction of sp³-hybridized carbons (Fsp3) is 0.583. The molecule has 0 aliphatic carbocycles. The van der Waals surface area contributed by atoms with Crippen molar-refractivity contribution >= 4 is 49.1 Å². The molecule has 0 aliphatic heterocycles. The van der Waals surface area contributed by atoms with Crippen molar-refractivity contribution in [2.75, 3.05) is 11.9 Å². The van der Waals surface area contributed by atoms with Gasteiger partial charge in [0.25, 0.3) is 5.91 Å². The van der Waals surface area contributed by atoms with Gasteiger partial charge in [-0.3, -0.25) is 4.79 Å². The van der Waals surface area contributed by atoms with Gasteiger partial charge in [0.05, 0.1) is 8.66 Å². The number of halogens is 2. The standard InChI is InChI=1S/C12H17Br2NOS/c1-8-6-9(17-10(8)14)11(16)15-7-12(2,3)4-5-13/h6H,4-5,7H2,1-3H3,(H,15,16). The molecule has 0 unspecified atom stereocenters. The first-order valence-corrected chi connectivity index (χ1v) is 8.19. The molecule has 1 heterocycles. The molecular formula is C12H17Br2NOS. The van der Waals surface area contributed by atoms with E-state index < -0.39 is 0 Å². The number of hydrogen-bond donors (Lipinski definition) is 1. The maximum Gasteiger partial charge on any atom is 0.261 e. The molecule has 2 nitrogen and oxygen atoms in total. The summed E-state index contributed by atoms with van der Waals surface area (Å²) in [5.41, 5.74) is 1.24. The van der Waals surface area contributed by atoms with E-state index in [4.69, 9.17) is 0 Å². The average Bonchev–Trinajstić information content (AvgIpc) is 2.56. The highest BCUT2D eigenvalue weighted by atomic mass is 79.9. The predicted octanol–water partition coefficient (Wildman–Crippen LogP) is 4.36. The normalized spacial score (nSPS) is 11.6. The third kappa shape index (κ3) is 4.72. The van der Waals surface area contributed by atoms with Crippen LogP contribution in [-0.4, -0.2) is 17.8 Å². The van der Waals surface area contributed by atoms with Crippen LogP contribution in [0.1, 0.15) is 35.5 Å². The zero-order valence-corrected chi connectivity index (χ0v) is 14.3. The number of thiophene rings is 1. The molecule has 0 saturated carbocycles. The molecule has 0 fully saturated rings. The SMILES string of the molecule is Cc1cc(C(=O)NCC(C)(C)CCBr)sc1Br.